The van der Waals surface area contributed by atoms with Crippen molar-refractivity contribution in [2.75, 3.05) is 17.2 Å². The van der Waals surface area contributed by atoms with Crippen LogP contribution in [0.4, 0.5) is 11.4 Å². The van der Waals surface area contributed by atoms with E-state index < -0.39 is 18.5 Å². The normalized spacial score (nSPS) is 10.0. The number of nitrogens with one attached hydrogen (secondary N) is 2. The lowest BCUT2D eigenvalue weighted by Crippen LogP contribution is -2.21. The van der Waals surface area contributed by atoms with Gasteiger partial charge in [0.05, 0.1) is 0 Å². The lowest BCUT2D eigenvalue weighted by molar-refractivity contribution is -0.119. The fourth-order valence-electron chi connectivity index (χ4n) is 2.62. The van der Waals surface area contributed by atoms with Crippen LogP contribution in [-0.2, 0) is 14.3 Å². The number of amides is 2. The fourth-order valence-corrected chi connectivity index (χ4v) is 2.62. The van der Waals surface area contributed by atoms with Crippen molar-refractivity contribution in [2.24, 2.45) is 0 Å². The first kappa shape index (κ1) is 20.6. The SMILES string of the molecule is CC(=O)Nc1cccc(NC(=O)COC(=O)c2ccccc2Oc2ccccc2)c1. The molecule has 3 aromatic rings. The van der Waals surface area contributed by atoms with E-state index in [2.05, 4.69) is 10.6 Å². The number of carbonyl (C=O) groups is 3. The van der Waals surface area contributed by atoms with Gasteiger partial charge in [-0.2, -0.15) is 0 Å². The number of anilines is 2. The Hall–Kier alpha value is -4.13. The molecule has 0 bridgehead atoms. The van der Waals surface area contributed by atoms with Gasteiger partial charge >= 0.3 is 5.97 Å². The zero-order valence-electron chi connectivity index (χ0n) is 16.3. The van der Waals surface area contributed by atoms with Crippen molar-refractivity contribution in [3.05, 3.63) is 84.4 Å². The molecule has 0 saturated heterocycles. The Balaban J connectivity index is 1.59. The summed E-state index contributed by atoms with van der Waals surface area (Å²) in [6.45, 7) is 0.924. The average Bonchev–Trinajstić information content (AvgIpc) is 2.73. The Kier molecular flexibility index (Phi) is 6.78. The van der Waals surface area contributed by atoms with Gasteiger partial charge in [0.15, 0.2) is 6.61 Å². The van der Waals surface area contributed by atoms with Crippen LogP contribution in [0, 0.1) is 0 Å². The summed E-state index contributed by atoms with van der Waals surface area (Å²) in [6, 6.07) is 22.3. The molecule has 0 atom stereocenters. The molecule has 7 nitrogen and oxygen atoms in total. The van der Waals surface area contributed by atoms with Crippen molar-refractivity contribution in [1.29, 1.82) is 0 Å². The van der Waals surface area contributed by atoms with E-state index in [0.29, 0.717) is 22.9 Å². The minimum atomic E-state index is -0.677. The second kappa shape index (κ2) is 9.88. The van der Waals surface area contributed by atoms with Gasteiger partial charge in [0.1, 0.15) is 17.1 Å². The Morgan fingerprint density at radius 3 is 2.20 bits per heavy atom. The van der Waals surface area contributed by atoms with E-state index in [1.165, 1.54) is 6.92 Å². The first-order chi connectivity index (χ1) is 14.5. The Bertz CT molecular complexity index is 1050. The number of hydrogen-bond acceptors (Lipinski definition) is 5. The van der Waals surface area contributed by atoms with E-state index >= 15 is 0 Å². The topological polar surface area (TPSA) is 93.7 Å². The molecule has 0 saturated carbocycles. The van der Waals surface area contributed by atoms with Crippen LogP contribution in [0.25, 0.3) is 0 Å². The molecule has 7 heteroatoms. The van der Waals surface area contributed by atoms with Crippen LogP contribution in [0.2, 0.25) is 0 Å². The van der Waals surface area contributed by atoms with Crippen LogP contribution < -0.4 is 15.4 Å². The van der Waals surface area contributed by atoms with Crippen LogP contribution >= 0.6 is 0 Å². The maximum atomic E-state index is 12.5. The molecule has 3 aromatic carbocycles. The van der Waals surface area contributed by atoms with Crippen LogP contribution in [-0.4, -0.2) is 24.4 Å². The number of benzene rings is 3. The second-order valence-electron chi connectivity index (χ2n) is 6.30. The molecule has 0 radical (unpaired) electrons. The average molecular weight is 404 g/mol. The van der Waals surface area contributed by atoms with Gasteiger partial charge in [0.2, 0.25) is 5.91 Å². The summed E-state index contributed by atoms with van der Waals surface area (Å²) in [5.74, 6) is -0.496. The maximum Gasteiger partial charge on any atom is 0.342 e. The smallest absolute Gasteiger partial charge is 0.342 e. The van der Waals surface area contributed by atoms with Gasteiger partial charge in [0, 0.05) is 18.3 Å². The zero-order chi connectivity index (χ0) is 21.3. The summed E-state index contributed by atoms with van der Waals surface area (Å²) in [4.78, 5) is 35.7. The Labute approximate surface area is 173 Å². The van der Waals surface area contributed by atoms with Gasteiger partial charge in [-0.05, 0) is 42.5 Å². The molecule has 0 aliphatic heterocycles. The van der Waals surface area contributed by atoms with E-state index in [9.17, 15) is 14.4 Å². The Morgan fingerprint density at radius 2 is 1.47 bits per heavy atom. The molecule has 152 valence electrons. The molecule has 3 rings (SSSR count). The molecule has 2 N–H and O–H groups in total. The van der Waals surface area contributed by atoms with Gasteiger partial charge in [-0.1, -0.05) is 36.4 Å². The maximum absolute atomic E-state index is 12.5. The van der Waals surface area contributed by atoms with E-state index in [-0.39, 0.29) is 11.5 Å². The van der Waals surface area contributed by atoms with E-state index in [1.807, 2.05) is 18.2 Å². The van der Waals surface area contributed by atoms with E-state index in [0.717, 1.165) is 0 Å². The third-order valence-corrected chi connectivity index (χ3v) is 3.88. The van der Waals surface area contributed by atoms with Crippen molar-refractivity contribution < 1.29 is 23.9 Å². The summed E-state index contributed by atoms with van der Waals surface area (Å²) in [6.07, 6.45) is 0. The number of esters is 1. The highest BCUT2D eigenvalue weighted by molar-refractivity contribution is 5.97. The minimum absolute atomic E-state index is 0.210. The predicted molar refractivity (Wildman–Crippen MR) is 113 cm³/mol. The predicted octanol–water partition coefficient (Wildman–Crippen LogP) is 4.23. The second-order valence-corrected chi connectivity index (χ2v) is 6.30. The van der Waals surface area contributed by atoms with Crippen molar-refractivity contribution in [1.82, 2.24) is 0 Å². The summed E-state index contributed by atoms with van der Waals surface area (Å²) in [7, 11) is 0. The molecule has 0 unspecified atom stereocenters. The third kappa shape index (κ3) is 5.93. The number of hydrogen-bond donors (Lipinski definition) is 2. The first-order valence-corrected chi connectivity index (χ1v) is 9.18. The summed E-state index contributed by atoms with van der Waals surface area (Å²) >= 11 is 0. The standard InChI is InChI=1S/C23H20N2O5/c1-16(26)24-17-8-7-9-18(14-17)25-22(27)15-29-23(28)20-12-5-6-13-21(20)30-19-10-3-2-4-11-19/h2-14H,15H2,1H3,(H,24,26)(H,25,27). The van der Waals surface area contributed by atoms with Gasteiger partial charge < -0.3 is 20.1 Å². The summed E-state index contributed by atoms with van der Waals surface area (Å²) < 4.78 is 10.9. The molecule has 0 fully saturated rings. The van der Waals surface area contributed by atoms with Gasteiger partial charge in [-0.25, -0.2) is 4.79 Å². The zero-order valence-corrected chi connectivity index (χ0v) is 16.3. The van der Waals surface area contributed by atoms with Crippen molar-refractivity contribution in [3.8, 4) is 11.5 Å². The minimum Gasteiger partial charge on any atom is -0.456 e. The molecule has 0 spiro atoms. The molecular weight excluding hydrogens is 384 g/mol. The van der Waals surface area contributed by atoms with Gasteiger partial charge in [-0.15, -0.1) is 0 Å². The highest BCUT2D eigenvalue weighted by Crippen LogP contribution is 2.25. The van der Waals surface area contributed by atoms with Gasteiger partial charge in [-0.3, -0.25) is 9.59 Å². The number of rotatable bonds is 7. The van der Waals surface area contributed by atoms with Crippen LogP contribution in [0.15, 0.2) is 78.9 Å². The van der Waals surface area contributed by atoms with Crippen LogP contribution in [0.3, 0.4) is 0 Å². The molecule has 2 amide bonds. The molecule has 0 aliphatic rings. The molecule has 0 heterocycles. The molecular formula is C23H20N2O5. The van der Waals surface area contributed by atoms with Crippen LogP contribution in [0.1, 0.15) is 17.3 Å². The molecule has 30 heavy (non-hydrogen) atoms. The van der Waals surface area contributed by atoms with Crippen molar-refractivity contribution in [3.63, 3.8) is 0 Å². The van der Waals surface area contributed by atoms with Crippen molar-refractivity contribution in [2.45, 2.75) is 6.92 Å². The first-order valence-electron chi connectivity index (χ1n) is 9.18. The van der Waals surface area contributed by atoms with E-state index in [4.69, 9.17) is 9.47 Å². The third-order valence-electron chi connectivity index (χ3n) is 3.88. The van der Waals surface area contributed by atoms with Crippen molar-refractivity contribution >= 4 is 29.2 Å². The monoisotopic (exact) mass is 404 g/mol. The summed E-state index contributed by atoms with van der Waals surface area (Å²) in [5, 5.41) is 5.24. The lowest BCUT2D eigenvalue weighted by atomic mass is 10.2. The number of ether oxygens (including phenoxy) is 2. The molecule has 0 aliphatic carbocycles. The Morgan fingerprint density at radius 1 is 0.800 bits per heavy atom. The lowest BCUT2D eigenvalue weighted by Gasteiger charge is -2.11. The van der Waals surface area contributed by atoms with Crippen LogP contribution in [0.5, 0.6) is 11.5 Å². The molecule has 0 aromatic heterocycles. The number of carbonyl (C=O) groups excluding carboxylic acids is 3. The quantitative estimate of drug-likeness (QED) is 0.575. The fraction of sp³-hybridized carbons (Fsp3) is 0.0870. The largest absolute Gasteiger partial charge is 0.456 e. The summed E-state index contributed by atoms with van der Waals surface area (Å²) in [5.41, 5.74) is 1.22. The van der Waals surface area contributed by atoms with Gasteiger partial charge in [0.25, 0.3) is 5.91 Å². The number of para-hydroxylation sites is 2. The van der Waals surface area contributed by atoms with E-state index in [1.54, 1.807) is 60.7 Å². The highest BCUT2D eigenvalue weighted by atomic mass is 16.5. The highest BCUT2D eigenvalue weighted by Gasteiger charge is 2.16.